The summed E-state index contributed by atoms with van der Waals surface area (Å²) in [5.41, 5.74) is 6.07. The number of carboxylic acids is 1. The average molecular weight is 294 g/mol. The van der Waals surface area contributed by atoms with E-state index < -0.39 is 23.7 Å². The van der Waals surface area contributed by atoms with Gasteiger partial charge in [0.15, 0.2) is 0 Å². The lowest BCUT2D eigenvalue weighted by Crippen LogP contribution is -2.46. The van der Waals surface area contributed by atoms with Gasteiger partial charge in [0.1, 0.15) is 11.6 Å². The molecule has 116 valence electrons. The summed E-state index contributed by atoms with van der Waals surface area (Å²) in [5, 5.41) is 9.24. The van der Waals surface area contributed by atoms with Gasteiger partial charge in [-0.1, -0.05) is 18.2 Å². The zero-order chi connectivity index (χ0) is 16.2. The van der Waals surface area contributed by atoms with Crippen LogP contribution in [0, 0.1) is 0 Å². The summed E-state index contributed by atoms with van der Waals surface area (Å²) >= 11 is 0. The van der Waals surface area contributed by atoms with Crippen molar-refractivity contribution in [1.82, 2.24) is 0 Å². The molecule has 0 aliphatic carbocycles. The quantitative estimate of drug-likeness (QED) is 0.889. The molecule has 1 aromatic carbocycles. The fourth-order valence-corrected chi connectivity index (χ4v) is 1.81. The highest BCUT2D eigenvalue weighted by Gasteiger charge is 2.32. The van der Waals surface area contributed by atoms with Gasteiger partial charge in [0.05, 0.1) is 5.69 Å². The van der Waals surface area contributed by atoms with Crippen LogP contribution < -0.4 is 10.6 Å². The minimum atomic E-state index is -1.12. The van der Waals surface area contributed by atoms with Crippen molar-refractivity contribution in [2.75, 3.05) is 4.90 Å². The number of hydrogen-bond acceptors (Lipinski definition) is 4. The van der Waals surface area contributed by atoms with E-state index in [9.17, 15) is 14.7 Å². The monoisotopic (exact) mass is 294 g/mol. The number of amides is 1. The third-order valence-corrected chi connectivity index (χ3v) is 2.81. The summed E-state index contributed by atoms with van der Waals surface area (Å²) in [4.78, 5) is 24.8. The molecule has 0 aliphatic rings. The van der Waals surface area contributed by atoms with Gasteiger partial charge in [0, 0.05) is 6.54 Å². The standard InChI is InChI=1S/C15H22N2O4/c1-10(13(18)19)17(14(20)21-15(2,3)4)12-8-6-5-7-11(12)9-16/h5-8,10H,9,16H2,1-4H3,(H,18,19)/t10-/m0/s1. The average Bonchev–Trinajstić information content (AvgIpc) is 2.37. The van der Waals surface area contributed by atoms with Gasteiger partial charge in [0.2, 0.25) is 0 Å². The van der Waals surface area contributed by atoms with Gasteiger partial charge in [0.25, 0.3) is 0 Å². The van der Waals surface area contributed by atoms with Crippen LogP contribution in [0.3, 0.4) is 0 Å². The lowest BCUT2D eigenvalue weighted by atomic mass is 10.1. The van der Waals surface area contributed by atoms with E-state index in [4.69, 9.17) is 10.5 Å². The number of rotatable bonds is 4. The SMILES string of the molecule is C[C@@H](C(=O)O)N(C(=O)OC(C)(C)C)c1ccccc1CN. The van der Waals surface area contributed by atoms with Crippen LogP contribution in [0.5, 0.6) is 0 Å². The Bertz CT molecular complexity index is 523. The van der Waals surface area contributed by atoms with Crippen molar-refractivity contribution >= 4 is 17.7 Å². The van der Waals surface area contributed by atoms with Crippen molar-refractivity contribution < 1.29 is 19.4 Å². The summed E-state index contributed by atoms with van der Waals surface area (Å²) in [6.45, 7) is 6.80. The molecule has 0 unspecified atom stereocenters. The highest BCUT2D eigenvalue weighted by molar-refractivity contribution is 5.95. The molecular formula is C15H22N2O4. The van der Waals surface area contributed by atoms with E-state index in [1.165, 1.54) is 6.92 Å². The van der Waals surface area contributed by atoms with Crippen molar-refractivity contribution in [3.63, 3.8) is 0 Å². The van der Waals surface area contributed by atoms with E-state index >= 15 is 0 Å². The molecule has 0 fully saturated rings. The summed E-state index contributed by atoms with van der Waals surface area (Å²) in [6.07, 6.45) is -0.710. The maximum Gasteiger partial charge on any atom is 0.415 e. The molecule has 0 bridgehead atoms. The first-order valence-corrected chi connectivity index (χ1v) is 6.70. The highest BCUT2D eigenvalue weighted by Crippen LogP contribution is 2.25. The lowest BCUT2D eigenvalue weighted by molar-refractivity contribution is -0.138. The van der Waals surface area contributed by atoms with E-state index in [1.54, 1.807) is 45.0 Å². The Hall–Kier alpha value is -2.08. The Morgan fingerprint density at radius 1 is 1.33 bits per heavy atom. The number of para-hydroxylation sites is 1. The molecule has 1 amide bonds. The molecule has 0 radical (unpaired) electrons. The number of nitrogens with two attached hydrogens (primary N) is 1. The second-order valence-corrected chi connectivity index (χ2v) is 5.70. The predicted octanol–water partition coefficient (Wildman–Crippen LogP) is 2.36. The molecule has 0 spiro atoms. The van der Waals surface area contributed by atoms with Crippen molar-refractivity contribution in [3.8, 4) is 0 Å². The van der Waals surface area contributed by atoms with Crippen molar-refractivity contribution in [2.45, 2.75) is 45.9 Å². The van der Waals surface area contributed by atoms with Crippen LogP contribution in [0.2, 0.25) is 0 Å². The number of ether oxygens (including phenoxy) is 1. The molecule has 1 atom stereocenters. The minimum Gasteiger partial charge on any atom is -0.480 e. The molecule has 1 rings (SSSR count). The summed E-state index contributed by atoms with van der Waals surface area (Å²) in [5.74, 6) is -1.12. The van der Waals surface area contributed by atoms with E-state index in [0.717, 1.165) is 4.90 Å². The molecule has 0 saturated carbocycles. The Morgan fingerprint density at radius 3 is 2.38 bits per heavy atom. The fourth-order valence-electron chi connectivity index (χ4n) is 1.81. The van der Waals surface area contributed by atoms with E-state index in [1.807, 2.05) is 0 Å². The lowest BCUT2D eigenvalue weighted by Gasteiger charge is -2.31. The molecular weight excluding hydrogens is 272 g/mol. The first-order chi connectivity index (χ1) is 9.67. The van der Waals surface area contributed by atoms with Gasteiger partial charge in [-0.3, -0.25) is 4.90 Å². The topological polar surface area (TPSA) is 92.9 Å². The fraction of sp³-hybridized carbons (Fsp3) is 0.467. The third kappa shape index (κ3) is 4.46. The zero-order valence-corrected chi connectivity index (χ0v) is 12.8. The minimum absolute atomic E-state index is 0.196. The normalized spacial score (nSPS) is 12.6. The third-order valence-electron chi connectivity index (χ3n) is 2.81. The molecule has 21 heavy (non-hydrogen) atoms. The Balaban J connectivity index is 3.26. The first kappa shape index (κ1) is 17.0. The van der Waals surface area contributed by atoms with E-state index in [0.29, 0.717) is 11.3 Å². The molecule has 3 N–H and O–H groups in total. The van der Waals surface area contributed by atoms with Gasteiger partial charge >= 0.3 is 12.1 Å². The van der Waals surface area contributed by atoms with Gasteiger partial charge in [-0.25, -0.2) is 9.59 Å². The maximum absolute atomic E-state index is 12.4. The molecule has 6 nitrogen and oxygen atoms in total. The van der Waals surface area contributed by atoms with Crippen LogP contribution in [0.15, 0.2) is 24.3 Å². The number of aliphatic carboxylic acids is 1. The van der Waals surface area contributed by atoms with Crippen LogP contribution in [0.25, 0.3) is 0 Å². The molecule has 0 aromatic heterocycles. The van der Waals surface area contributed by atoms with Gasteiger partial charge in [-0.15, -0.1) is 0 Å². The van der Waals surface area contributed by atoms with Crippen LogP contribution in [0.1, 0.15) is 33.3 Å². The number of carbonyl (C=O) groups is 2. The first-order valence-electron chi connectivity index (χ1n) is 6.70. The number of benzene rings is 1. The summed E-state index contributed by atoms with van der Waals surface area (Å²) in [7, 11) is 0. The Morgan fingerprint density at radius 2 is 1.90 bits per heavy atom. The Kier molecular flexibility index (Phi) is 5.32. The number of hydrogen-bond donors (Lipinski definition) is 2. The smallest absolute Gasteiger partial charge is 0.415 e. The maximum atomic E-state index is 12.4. The number of nitrogens with zero attached hydrogens (tertiary/aromatic N) is 1. The number of carbonyl (C=O) groups excluding carboxylic acids is 1. The second kappa shape index (κ2) is 6.58. The second-order valence-electron chi connectivity index (χ2n) is 5.70. The zero-order valence-electron chi connectivity index (χ0n) is 12.8. The molecule has 0 saturated heterocycles. The van der Waals surface area contributed by atoms with Crippen LogP contribution in [-0.2, 0) is 16.1 Å². The van der Waals surface area contributed by atoms with Crippen LogP contribution >= 0.6 is 0 Å². The van der Waals surface area contributed by atoms with Gasteiger partial charge < -0.3 is 15.6 Å². The molecule has 1 aromatic rings. The summed E-state index contributed by atoms with van der Waals surface area (Å²) < 4.78 is 5.31. The Labute approximate surface area is 124 Å². The van der Waals surface area contributed by atoms with Crippen molar-refractivity contribution in [2.24, 2.45) is 5.73 Å². The van der Waals surface area contributed by atoms with E-state index in [-0.39, 0.29) is 6.54 Å². The van der Waals surface area contributed by atoms with Gasteiger partial charge in [-0.2, -0.15) is 0 Å². The van der Waals surface area contributed by atoms with Crippen molar-refractivity contribution in [3.05, 3.63) is 29.8 Å². The number of anilines is 1. The summed E-state index contributed by atoms with van der Waals surface area (Å²) in [6, 6.07) is 5.85. The predicted molar refractivity (Wildman–Crippen MR) is 80.1 cm³/mol. The highest BCUT2D eigenvalue weighted by atomic mass is 16.6. The van der Waals surface area contributed by atoms with Gasteiger partial charge in [-0.05, 0) is 39.3 Å². The largest absolute Gasteiger partial charge is 0.480 e. The van der Waals surface area contributed by atoms with Crippen LogP contribution in [0.4, 0.5) is 10.5 Å². The molecule has 0 heterocycles. The van der Waals surface area contributed by atoms with Crippen LogP contribution in [-0.4, -0.2) is 28.8 Å². The van der Waals surface area contributed by atoms with Crippen molar-refractivity contribution in [1.29, 1.82) is 0 Å². The van der Waals surface area contributed by atoms with E-state index in [2.05, 4.69) is 0 Å². The molecule has 6 heteroatoms. The number of carboxylic acid groups (broad SMARTS) is 1. The molecule has 0 aliphatic heterocycles.